The second-order valence-electron chi connectivity index (χ2n) is 12.8. The molecule has 0 atom stereocenters. The van der Waals surface area contributed by atoms with Gasteiger partial charge in [-0.1, -0.05) is 141 Å². The van der Waals surface area contributed by atoms with Crippen LogP contribution in [0.25, 0.3) is 73.3 Å². The molecule has 5 aromatic carbocycles. The minimum absolute atomic E-state index is 0.190. The Morgan fingerprint density at radius 3 is 1.73 bits per heavy atom. The monoisotopic (exact) mass is 617 g/mol. The second kappa shape index (κ2) is 11.0. The predicted molar refractivity (Wildman–Crippen MR) is 193 cm³/mol. The van der Waals surface area contributed by atoms with Gasteiger partial charge in [0.05, 0.1) is 5.69 Å². The topological polar surface area (TPSA) is 56.0 Å². The quantitative estimate of drug-likeness (QED) is 0.193. The molecule has 1 aliphatic carbocycles. The summed E-state index contributed by atoms with van der Waals surface area (Å²) in [5, 5.41) is 0. The zero-order valence-electron chi connectivity index (χ0n) is 26.7. The maximum Gasteiger partial charge on any atom is 0.164 e. The van der Waals surface area contributed by atoms with E-state index in [-0.39, 0.29) is 5.41 Å². The van der Waals surface area contributed by atoms with Crippen LogP contribution in [0.4, 0.5) is 0 Å². The Bertz CT molecular complexity index is 2430. The molecule has 0 aliphatic heterocycles. The van der Waals surface area contributed by atoms with Gasteiger partial charge in [-0.15, -0.1) is 0 Å². The Balaban J connectivity index is 1.10. The van der Waals surface area contributed by atoms with E-state index in [1.54, 1.807) is 0 Å². The van der Waals surface area contributed by atoms with Crippen molar-refractivity contribution in [3.8, 4) is 67.7 Å². The SMILES string of the molecule is CC1(C)c2ccccc2-c2cccc(-c3nc(-c4ccccc4)nc(-c4ccc(-c5ccc(-c6cn7ccccc7n6)cc5)cc4)n3)c21. The third-order valence-corrected chi connectivity index (χ3v) is 9.51. The molecule has 0 bridgehead atoms. The fourth-order valence-corrected chi connectivity index (χ4v) is 7.09. The van der Waals surface area contributed by atoms with Crippen LogP contribution in [-0.2, 0) is 5.41 Å². The lowest BCUT2D eigenvalue weighted by molar-refractivity contribution is 0.661. The van der Waals surface area contributed by atoms with E-state index < -0.39 is 0 Å². The number of fused-ring (bicyclic) bond motifs is 4. The van der Waals surface area contributed by atoms with Gasteiger partial charge in [0.15, 0.2) is 17.5 Å². The average Bonchev–Trinajstić information content (AvgIpc) is 3.69. The summed E-state index contributed by atoms with van der Waals surface area (Å²) in [7, 11) is 0. The fourth-order valence-electron chi connectivity index (χ4n) is 7.09. The smallest absolute Gasteiger partial charge is 0.164 e. The molecule has 3 heterocycles. The third kappa shape index (κ3) is 4.63. The van der Waals surface area contributed by atoms with Crippen LogP contribution in [0.15, 0.2) is 152 Å². The summed E-state index contributed by atoms with van der Waals surface area (Å²) < 4.78 is 2.04. The predicted octanol–water partition coefficient (Wildman–Crippen LogP) is 10.2. The number of hydrogen-bond acceptors (Lipinski definition) is 4. The van der Waals surface area contributed by atoms with E-state index in [9.17, 15) is 0 Å². The average molecular weight is 618 g/mol. The van der Waals surface area contributed by atoms with Crippen molar-refractivity contribution in [2.75, 3.05) is 0 Å². The first-order chi connectivity index (χ1) is 23.5. The summed E-state index contributed by atoms with van der Waals surface area (Å²) in [6.07, 6.45) is 4.08. The van der Waals surface area contributed by atoms with Crippen molar-refractivity contribution in [2.24, 2.45) is 0 Å². The van der Waals surface area contributed by atoms with E-state index in [0.29, 0.717) is 17.5 Å². The molecule has 9 rings (SSSR count). The number of nitrogens with zero attached hydrogens (tertiary/aromatic N) is 5. The largest absolute Gasteiger partial charge is 0.306 e. The number of rotatable bonds is 5. The summed E-state index contributed by atoms with van der Waals surface area (Å²) >= 11 is 0. The molecule has 0 saturated heterocycles. The molecule has 3 aromatic heterocycles. The highest BCUT2D eigenvalue weighted by Gasteiger charge is 2.38. The van der Waals surface area contributed by atoms with E-state index in [1.807, 2.05) is 47.0 Å². The molecule has 0 unspecified atom stereocenters. The standard InChI is InChI=1S/C43H31N5/c1-43(2)36-16-7-6-13-33(36)34-14-10-15-35(39(34)43)42-46-40(31-11-4-3-5-12-31)45-41(47-42)32-24-20-29(21-25-32)28-18-22-30(23-19-28)37-27-48-26-9-8-17-38(48)44-37/h3-27H,1-2H3. The zero-order chi connectivity index (χ0) is 32.2. The van der Waals surface area contributed by atoms with Crippen LogP contribution >= 0.6 is 0 Å². The minimum atomic E-state index is -0.190. The molecule has 1 aliphatic rings. The van der Waals surface area contributed by atoms with Crippen LogP contribution in [0.1, 0.15) is 25.0 Å². The van der Waals surface area contributed by atoms with Gasteiger partial charge in [0.1, 0.15) is 5.65 Å². The lowest BCUT2D eigenvalue weighted by atomic mass is 9.80. The summed E-state index contributed by atoms with van der Waals surface area (Å²) in [5.74, 6) is 2.00. The highest BCUT2D eigenvalue weighted by atomic mass is 15.0. The van der Waals surface area contributed by atoms with E-state index >= 15 is 0 Å². The first-order valence-electron chi connectivity index (χ1n) is 16.2. The van der Waals surface area contributed by atoms with Crippen molar-refractivity contribution < 1.29 is 0 Å². The maximum atomic E-state index is 5.14. The van der Waals surface area contributed by atoms with Gasteiger partial charge >= 0.3 is 0 Å². The van der Waals surface area contributed by atoms with E-state index in [0.717, 1.165) is 44.7 Å². The van der Waals surface area contributed by atoms with Crippen molar-refractivity contribution >= 4 is 5.65 Å². The summed E-state index contributed by atoms with van der Waals surface area (Å²) in [6.45, 7) is 4.59. The molecule has 0 N–H and O–H groups in total. The number of aromatic nitrogens is 5. The molecule has 0 fully saturated rings. The van der Waals surface area contributed by atoms with Crippen molar-refractivity contribution in [3.05, 3.63) is 163 Å². The molecule has 0 amide bonds. The lowest BCUT2D eigenvalue weighted by Crippen LogP contribution is -2.17. The van der Waals surface area contributed by atoms with E-state index in [4.69, 9.17) is 19.9 Å². The Morgan fingerprint density at radius 2 is 1.00 bits per heavy atom. The summed E-state index contributed by atoms with van der Waals surface area (Å²) in [4.78, 5) is 20.0. The van der Waals surface area contributed by atoms with Gasteiger partial charge in [0.25, 0.3) is 0 Å². The van der Waals surface area contributed by atoms with Crippen LogP contribution in [0.2, 0.25) is 0 Å². The third-order valence-electron chi connectivity index (χ3n) is 9.51. The Kier molecular flexibility index (Phi) is 6.40. The van der Waals surface area contributed by atoms with Crippen LogP contribution in [-0.4, -0.2) is 24.3 Å². The zero-order valence-corrected chi connectivity index (χ0v) is 26.7. The van der Waals surface area contributed by atoms with Gasteiger partial charge in [0.2, 0.25) is 0 Å². The van der Waals surface area contributed by atoms with Crippen molar-refractivity contribution in [3.63, 3.8) is 0 Å². The molecule has 0 spiro atoms. The molecule has 5 heteroatoms. The molecule has 5 nitrogen and oxygen atoms in total. The summed E-state index contributed by atoms with van der Waals surface area (Å²) in [5.41, 5.74) is 13.1. The first-order valence-corrected chi connectivity index (χ1v) is 16.2. The molecule has 0 saturated carbocycles. The molecular formula is C43H31N5. The molecule has 228 valence electrons. The maximum absolute atomic E-state index is 5.14. The van der Waals surface area contributed by atoms with Gasteiger partial charge in [-0.3, -0.25) is 0 Å². The van der Waals surface area contributed by atoms with Crippen LogP contribution in [0, 0.1) is 0 Å². The Labute approximate surface area is 279 Å². The first kappa shape index (κ1) is 28.1. The van der Waals surface area contributed by atoms with Crippen molar-refractivity contribution in [1.82, 2.24) is 24.3 Å². The van der Waals surface area contributed by atoms with Gasteiger partial charge in [-0.25, -0.2) is 19.9 Å². The van der Waals surface area contributed by atoms with Gasteiger partial charge < -0.3 is 4.40 Å². The second-order valence-corrected chi connectivity index (χ2v) is 12.8. The normalized spacial score (nSPS) is 13.0. The Hall–Kier alpha value is -6.20. The molecule has 8 aromatic rings. The minimum Gasteiger partial charge on any atom is -0.306 e. The van der Waals surface area contributed by atoms with E-state index in [1.165, 1.54) is 22.3 Å². The van der Waals surface area contributed by atoms with Gasteiger partial charge in [-0.05, 0) is 45.5 Å². The summed E-state index contributed by atoms with van der Waals surface area (Å²) in [6, 6.07) is 48.4. The van der Waals surface area contributed by atoms with Gasteiger partial charge in [0, 0.05) is 40.1 Å². The van der Waals surface area contributed by atoms with Crippen LogP contribution in [0.5, 0.6) is 0 Å². The molecule has 48 heavy (non-hydrogen) atoms. The van der Waals surface area contributed by atoms with Crippen LogP contribution < -0.4 is 0 Å². The highest BCUT2D eigenvalue weighted by Crippen LogP contribution is 2.51. The number of pyridine rings is 1. The molecular weight excluding hydrogens is 587 g/mol. The van der Waals surface area contributed by atoms with Crippen molar-refractivity contribution in [1.29, 1.82) is 0 Å². The van der Waals surface area contributed by atoms with Crippen molar-refractivity contribution in [2.45, 2.75) is 19.3 Å². The highest BCUT2D eigenvalue weighted by molar-refractivity contribution is 5.87. The number of hydrogen-bond donors (Lipinski definition) is 0. The van der Waals surface area contributed by atoms with Gasteiger partial charge in [-0.2, -0.15) is 0 Å². The fraction of sp³-hybridized carbons (Fsp3) is 0.0698. The number of benzene rings is 5. The van der Waals surface area contributed by atoms with Crippen LogP contribution in [0.3, 0.4) is 0 Å². The molecule has 0 radical (unpaired) electrons. The lowest BCUT2D eigenvalue weighted by Gasteiger charge is -2.24. The number of imidazole rings is 1. The Morgan fingerprint density at radius 1 is 0.438 bits per heavy atom. The van der Waals surface area contributed by atoms with E-state index in [2.05, 4.69) is 123 Å².